The highest BCUT2D eigenvalue weighted by Crippen LogP contribution is 2.53. The first-order valence-electron chi connectivity index (χ1n) is 15.8. The molecule has 0 saturated carbocycles. The number of carbonyl (C=O) groups excluding carboxylic acids is 1. The molecule has 3 nitrogen and oxygen atoms in total. The predicted octanol–water partition coefficient (Wildman–Crippen LogP) is 11.4. The van der Waals surface area contributed by atoms with Crippen molar-refractivity contribution in [2.75, 3.05) is 0 Å². The average molecular weight is 567 g/mol. The van der Waals surface area contributed by atoms with Gasteiger partial charge in [-0.1, -0.05) is 141 Å². The monoisotopic (exact) mass is 566 g/mol. The van der Waals surface area contributed by atoms with E-state index in [4.69, 9.17) is 9.47 Å². The number of hydrogen-bond acceptors (Lipinski definition) is 3. The maximum absolute atomic E-state index is 12.5. The summed E-state index contributed by atoms with van der Waals surface area (Å²) in [5.74, 6) is 1.99. The Labute approximate surface area is 253 Å². The third-order valence-electron chi connectivity index (χ3n) is 8.73. The van der Waals surface area contributed by atoms with E-state index in [-0.39, 0.29) is 33.0 Å². The summed E-state index contributed by atoms with van der Waals surface area (Å²) in [6, 6.07) is 16.0. The van der Waals surface area contributed by atoms with Crippen molar-refractivity contribution in [2.45, 2.75) is 141 Å². The molecule has 0 spiro atoms. The van der Waals surface area contributed by atoms with Crippen molar-refractivity contribution in [3.8, 4) is 11.5 Å². The topological polar surface area (TPSA) is 35.5 Å². The Bertz CT molecular complexity index is 1090. The van der Waals surface area contributed by atoms with Crippen molar-refractivity contribution in [1.29, 1.82) is 0 Å². The summed E-state index contributed by atoms with van der Waals surface area (Å²) in [6.07, 6.45) is 2.65. The lowest BCUT2D eigenvalue weighted by atomic mass is 9.59. The van der Waals surface area contributed by atoms with E-state index in [9.17, 15) is 4.79 Å². The fourth-order valence-electron chi connectivity index (χ4n) is 6.83. The lowest BCUT2D eigenvalue weighted by Gasteiger charge is -2.55. The molecule has 2 aliphatic heterocycles. The van der Waals surface area contributed by atoms with Crippen LogP contribution in [0.5, 0.6) is 11.5 Å². The zero-order valence-corrected chi connectivity index (χ0v) is 29.5. The van der Waals surface area contributed by atoms with Crippen molar-refractivity contribution in [1.82, 2.24) is 0 Å². The summed E-state index contributed by atoms with van der Waals surface area (Å²) in [4.78, 5) is 12.5. The standard InChI is InChI=1S/C17H24O2.C17H26O.2C2H6/c1-15(2,3)17(16(4,5)6)11-13(18)12-9-7-8-10-14(12)19-17;1-15(2,3)17(16(4,5)6)12-11-13-9-7-8-10-14(13)18-17;2*1-2/h7-10H,11H2,1-6H3;7-10H,11-12H2,1-6H3;2*1-2H3. The van der Waals surface area contributed by atoms with E-state index in [0.29, 0.717) is 12.0 Å². The normalized spacial score (nSPS) is 17.3. The van der Waals surface area contributed by atoms with Crippen LogP contribution in [0.4, 0.5) is 0 Å². The highest BCUT2D eigenvalue weighted by molar-refractivity contribution is 6.00. The fraction of sp³-hybridized carbons (Fsp3) is 0.658. The third kappa shape index (κ3) is 7.38. The first-order valence-corrected chi connectivity index (χ1v) is 15.8. The number of rotatable bonds is 0. The molecule has 0 amide bonds. The number of carbonyl (C=O) groups is 1. The first-order chi connectivity index (χ1) is 18.8. The van der Waals surface area contributed by atoms with E-state index in [1.54, 1.807) is 0 Å². The zero-order chi connectivity index (χ0) is 32.1. The number of ketones is 1. The van der Waals surface area contributed by atoms with E-state index < -0.39 is 5.60 Å². The number of benzene rings is 2. The number of ether oxygens (including phenoxy) is 2. The van der Waals surface area contributed by atoms with Crippen LogP contribution in [0.25, 0.3) is 0 Å². The summed E-state index contributed by atoms with van der Waals surface area (Å²) in [7, 11) is 0. The van der Waals surface area contributed by atoms with Gasteiger partial charge in [0.25, 0.3) is 0 Å². The van der Waals surface area contributed by atoms with Gasteiger partial charge in [0.05, 0.1) is 12.0 Å². The van der Waals surface area contributed by atoms with E-state index in [2.05, 4.69) is 107 Å². The van der Waals surface area contributed by atoms with Gasteiger partial charge >= 0.3 is 0 Å². The van der Waals surface area contributed by atoms with Crippen molar-refractivity contribution >= 4 is 5.78 Å². The summed E-state index contributed by atoms with van der Waals surface area (Å²) >= 11 is 0. The third-order valence-corrected chi connectivity index (χ3v) is 8.73. The molecule has 2 aliphatic rings. The minimum absolute atomic E-state index is 0.103. The van der Waals surface area contributed by atoms with Crippen LogP contribution in [0.2, 0.25) is 0 Å². The molecular formula is C38H62O3. The second kappa shape index (κ2) is 13.3. The average Bonchev–Trinajstić information content (AvgIpc) is 2.88. The quantitative estimate of drug-likeness (QED) is 0.318. The van der Waals surface area contributed by atoms with E-state index in [0.717, 1.165) is 24.3 Å². The summed E-state index contributed by atoms with van der Waals surface area (Å²) < 4.78 is 12.9. The Balaban J connectivity index is 0.000000366. The van der Waals surface area contributed by atoms with Gasteiger partial charge in [-0.3, -0.25) is 4.79 Å². The Morgan fingerprint density at radius 1 is 0.561 bits per heavy atom. The maximum Gasteiger partial charge on any atom is 0.170 e. The molecule has 0 aromatic heterocycles. The zero-order valence-electron chi connectivity index (χ0n) is 29.5. The number of aryl methyl sites for hydroxylation is 1. The second-order valence-corrected chi connectivity index (χ2v) is 15.1. The van der Waals surface area contributed by atoms with Crippen molar-refractivity contribution in [2.24, 2.45) is 21.7 Å². The molecule has 0 atom stereocenters. The van der Waals surface area contributed by atoms with Gasteiger partial charge in [0.15, 0.2) is 5.78 Å². The molecule has 0 bridgehead atoms. The van der Waals surface area contributed by atoms with Crippen LogP contribution in [0.1, 0.15) is 140 Å². The van der Waals surface area contributed by atoms with Crippen LogP contribution in [0.3, 0.4) is 0 Å². The molecule has 0 saturated heterocycles. The lowest BCUT2D eigenvalue weighted by Crippen LogP contribution is -2.60. The lowest BCUT2D eigenvalue weighted by molar-refractivity contribution is -0.127. The Morgan fingerprint density at radius 2 is 0.951 bits per heavy atom. The number of hydrogen-bond donors (Lipinski definition) is 0. The first kappa shape index (κ1) is 36.7. The Hall–Kier alpha value is -2.29. The molecular weight excluding hydrogens is 504 g/mol. The van der Waals surface area contributed by atoms with Crippen LogP contribution in [-0.4, -0.2) is 17.0 Å². The molecule has 232 valence electrons. The Kier molecular flexibility index (Phi) is 12.0. The maximum atomic E-state index is 12.5. The fourth-order valence-corrected chi connectivity index (χ4v) is 6.83. The van der Waals surface area contributed by atoms with Crippen LogP contribution in [-0.2, 0) is 6.42 Å². The van der Waals surface area contributed by atoms with Gasteiger partial charge in [-0.15, -0.1) is 0 Å². The van der Waals surface area contributed by atoms with Gasteiger partial charge < -0.3 is 9.47 Å². The molecule has 0 radical (unpaired) electrons. The number of fused-ring (bicyclic) bond motifs is 2. The van der Waals surface area contributed by atoms with Gasteiger partial charge in [-0.05, 0) is 36.6 Å². The SMILES string of the molecule is CC.CC.CC(C)(C)C1(C(C)(C)C)CC(=O)c2ccccc2O1.CC(C)(C)C1(C(C)(C)C)CCc2ccccc2O1. The minimum atomic E-state index is -0.481. The summed E-state index contributed by atoms with van der Waals surface area (Å²) in [6.45, 7) is 34.7. The highest BCUT2D eigenvalue weighted by atomic mass is 16.5. The molecule has 2 aromatic carbocycles. The molecule has 0 unspecified atom stereocenters. The van der Waals surface area contributed by atoms with E-state index >= 15 is 0 Å². The van der Waals surface area contributed by atoms with E-state index in [1.165, 1.54) is 5.56 Å². The van der Waals surface area contributed by atoms with Crippen molar-refractivity contribution < 1.29 is 14.3 Å². The highest BCUT2D eigenvalue weighted by Gasteiger charge is 2.56. The molecule has 3 heteroatoms. The molecule has 0 aliphatic carbocycles. The van der Waals surface area contributed by atoms with Gasteiger partial charge in [0, 0.05) is 21.7 Å². The van der Waals surface area contributed by atoms with Crippen LogP contribution in [0.15, 0.2) is 48.5 Å². The van der Waals surface area contributed by atoms with Crippen LogP contribution < -0.4 is 9.47 Å². The molecule has 0 N–H and O–H groups in total. The predicted molar refractivity (Wildman–Crippen MR) is 177 cm³/mol. The van der Waals surface area contributed by atoms with Gasteiger partial charge in [0.2, 0.25) is 0 Å². The molecule has 4 rings (SSSR count). The number of Topliss-reactive ketones (excluding diaryl/α,β-unsaturated/α-hetero) is 1. The van der Waals surface area contributed by atoms with Crippen molar-refractivity contribution in [3.63, 3.8) is 0 Å². The van der Waals surface area contributed by atoms with Gasteiger partial charge in [-0.2, -0.15) is 0 Å². The largest absolute Gasteiger partial charge is 0.486 e. The molecule has 41 heavy (non-hydrogen) atoms. The summed E-state index contributed by atoms with van der Waals surface area (Å²) in [5, 5.41) is 0. The smallest absolute Gasteiger partial charge is 0.170 e. The molecule has 2 aromatic rings. The van der Waals surface area contributed by atoms with Crippen LogP contribution in [0, 0.1) is 21.7 Å². The Morgan fingerprint density at radius 3 is 1.41 bits per heavy atom. The van der Waals surface area contributed by atoms with E-state index in [1.807, 2.05) is 52.0 Å². The van der Waals surface area contributed by atoms with Gasteiger partial charge in [-0.25, -0.2) is 0 Å². The number of para-hydroxylation sites is 2. The van der Waals surface area contributed by atoms with Crippen molar-refractivity contribution in [3.05, 3.63) is 59.7 Å². The second-order valence-electron chi connectivity index (χ2n) is 15.1. The minimum Gasteiger partial charge on any atom is -0.486 e. The molecule has 2 heterocycles. The van der Waals surface area contributed by atoms with Crippen LogP contribution >= 0.6 is 0 Å². The summed E-state index contributed by atoms with van der Waals surface area (Å²) in [5.41, 5.74) is 1.49. The van der Waals surface area contributed by atoms with Gasteiger partial charge in [0.1, 0.15) is 22.7 Å². The molecule has 0 fully saturated rings.